The van der Waals surface area contributed by atoms with Crippen molar-refractivity contribution in [1.29, 1.82) is 0 Å². The Kier molecular flexibility index (Phi) is 4.78. The molecule has 0 saturated heterocycles. The van der Waals surface area contributed by atoms with Gasteiger partial charge in [-0.3, -0.25) is 0 Å². The lowest BCUT2D eigenvalue weighted by atomic mass is 10.2. The van der Waals surface area contributed by atoms with Crippen LogP contribution in [0.15, 0.2) is 66.9 Å². The van der Waals surface area contributed by atoms with Crippen LogP contribution in [0, 0.1) is 0 Å². The van der Waals surface area contributed by atoms with Gasteiger partial charge in [0.15, 0.2) is 0 Å². The highest BCUT2D eigenvalue weighted by molar-refractivity contribution is 6.30. The summed E-state index contributed by atoms with van der Waals surface area (Å²) >= 11 is 12.2. The molecular weight excluding hydrogens is 367 g/mol. The standard InChI is InChI=1S/C20H16Cl2N4/c21-16-9-7-14(8-10-16)13-26-18-6-2-1-5-17(18)25-20(26)24-12-15-4-3-11-23-19(15)22/h1-11H,12-13H2,(H,24,25). The van der Waals surface area contributed by atoms with Gasteiger partial charge >= 0.3 is 0 Å². The Morgan fingerprint density at radius 3 is 2.54 bits per heavy atom. The van der Waals surface area contributed by atoms with Crippen LogP contribution in [0.5, 0.6) is 0 Å². The quantitative estimate of drug-likeness (QED) is 0.470. The molecule has 2 aromatic heterocycles. The first-order valence-corrected chi connectivity index (χ1v) is 8.99. The van der Waals surface area contributed by atoms with Gasteiger partial charge in [-0.1, -0.05) is 53.5 Å². The zero-order valence-electron chi connectivity index (χ0n) is 13.9. The molecule has 2 aromatic carbocycles. The summed E-state index contributed by atoms with van der Waals surface area (Å²) in [5, 5.41) is 4.62. The molecular formula is C20H16Cl2N4. The number of fused-ring (bicyclic) bond motifs is 1. The summed E-state index contributed by atoms with van der Waals surface area (Å²) < 4.78 is 2.16. The molecule has 0 radical (unpaired) electrons. The van der Waals surface area contributed by atoms with Gasteiger partial charge in [-0.25, -0.2) is 9.97 Å². The number of benzene rings is 2. The molecule has 4 rings (SSSR count). The molecule has 0 atom stereocenters. The molecule has 0 amide bonds. The Morgan fingerprint density at radius 1 is 0.923 bits per heavy atom. The highest BCUT2D eigenvalue weighted by Crippen LogP contribution is 2.23. The molecule has 4 nitrogen and oxygen atoms in total. The first-order valence-electron chi connectivity index (χ1n) is 8.24. The minimum Gasteiger partial charge on any atom is -0.351 e. The summed E-state index contributed by atoms with van der Waals surface area (Å²) in [6.45, 7) is 1.25. The largest absolute Gasteiger partial charge is 0.351 e. The van der Waals surface area contributed by atoms with Gasteiger partial charge < -0.3 is 9.88 Å². The third-order valence-corrected chi connectivity index (χ3v) is 4.77. The van der Waals surface area contributed by atoms with E-state index < -0.39 is 0 Å². The Bertz CT molecular complexity index is 1040. The van der Waals surface area contributed by atoms with Gasteiger partial charge in [0.25, 0.3) is 0 Å². The predicted molar refractivity (Wildman–Crippen MR) is 107 cm³/mol. The van der Waals surface area contributed by atoms with E-state index in [2.05, 4.69) is 20.9 Å². The van der Waals surface area contributed by atoms with E-state index in [1.54, 1.807) is 6.20 Å². The molecule has 6 heteroatoms. The number of rotatable bonds is 5. The molecule has 0 aliphatic heterocycles. The highest BCUT2D eigenvalue weighted by Gasteiger charge is 2.11. The molecule has 0 bridgehead atoms. The molecule has 0 aliphatic carbocycles. The smallest absolute Gasteiger partial charge is 0.204 e. The lowest BCUT2D eigenvalue weighted by molar-refractivity contribution is 0.822. The summed E-state index contributed by atoms with van der Waals surface area (Å²) in [6, 6.07) is 19.8. The summed E-state index contributed by atoms with van der Waals surface area (Å²) in [5.74, 6) is 0.793. The van der Waals surface area contributed by atoms with Crippen molar-refractivity contribution in [3.05, 3.63) is 88.2 Å². The highest BCUT2D eigenvalue weighted by atomic mass is 35.5. The van der Waals surface area contributed by atoms with E-state index in [0.29, 0.717) is 18.2 Å². The number of hydrogen-bond donors (Lipinski definition) is 1. The van der Waals surface area contributed by atoms with Crippen molar-refractivity contribution in [1.82, 2.24) is 14.5 Å². The van der Waals surface area contributed by atoms with Crippen LogP contribution < -0.4 is 5.32 Å². The molecule has 0 fully saturated rings. The SMILES string of the molecule is Clc1ccc(Cn2c(NCc3cccnc3Cl)nc3ccccc32)cc1. The predicted octanol–water partition coefficient (Wildman–Crippen LogP) is 5.40. The number of hydrogen-bond acceptors (Lipinski definition) is 3. The molecule has 130 valence electrons. The molecule has 0 saturated carbocycles. The van der Waals surface area contributed by atoms with E-state index >= 15 is 0 Å². The van der Waals surface area contributed by atoms with Crippen LogP contribution in [0.4, 0.5) is 5.95 Å². The minimum absolute atomic E-state index is 0.500. The van der Waals surface area contributed by atoms with E-state index in [1.807, 2.05) is 54.6 Å². The number of aromatic nitrogens is 3. The third-order valence-electron chi connectivity index (χ3n) is 4.18. The molecule has 0 spiro atoms. The number of para-hydroxylation sites is 2. The molecule has 2 heterocycles. The third kappa shape index (κ3) is 3.52. The second-order valence-corrected chi connectivity index (χ2v) is 6.74. The van der Waals surface area contributed by atoms with Crippen LogP contribution >= 0.6 is 23.2 Å². The number of pyridine rings is 1. The van der Waals surface area contributed by atoms with Crippen LogP contribution in [0.1, 0.15) is 11.1 Å². The first kappa shape index (κ1) is 16.9. The molecule has 26 heavy (non-hydrogen) atoms. The van der Waals surface area contributed by atoms with E-state index in [-0.39, 0.29) is 0 Å². The lowest BCUT2D eigenvalue weighted by Gasteiger charge is -2.12. The number of halogens is 2. The topological polar surface area (TPSA) is 42.7 Å². The maximum absolute atomic E-state index is 6.16. The fourth-order valence-electron chi connectivity index (χ4n) is 2.87. The maximum atomic E-state index is 6.16. The fourth-order valence-corrected chi connectivity index (χ4v) is 3.18. The zero-order valence-corrected chi connectivity index (χ0v) is 15.4. The molecule has 1 N–H and O–H groups in total. The van der Waals surface area contributed by atoms with Crippen molar-refractivity contribution in [3.63, 3.8) is 0 Å². The summed E-state index contributed by atoms with van der Waals surface area (Å²) in [6.07, 6.45) is 1.68. The first-order chi connectivity index (χ1) is 12.7. The van der Waals surface area contributed by atoms with Crippen LogP contribution in [0.2, 0.25) is 10.2 Å². The van der Waals surface area contributed by atoms with Crippen LogP contribution in [-0.4, -0.2) is 14.5 Å². The molecule has 0 aliphatic rings. The minimum atomic E-state index is 0.500. The van der Waals surface area contributed by atoms with Crippen LogP contribution in [0.25, 0.3) is 11.0 Å². The van der Waals surface area contributed by atoms with Gasteiger partial charge in [0.1, 0.15) is 5.15 Å². The second-order valence-electron chi connectivity index (χ2n) is 5.94. The second kappa shape index (κ2) is 7.36. The molecule has 0 unspecified atom stereocenters. The van der Waals surface area contributed by atoms with Gasteiger partial charge in [0.2, 0.25) is 5.95 Å². The van der Waals surface area contributed by atoms with Gasteiger partial charge in [0, 0.05) is 23.3 Å². The van der Waals surface area contributed by atoms with E-state index in [0.717, 1.165) is 33.1 Å². The van der Waals surface area contributed by atoms with Gasteiger partial charge in [-0.05, 0) is 35.9 Å². The van der Waals surface area contributed by atoms with E-state index in [1.165, 1.54) is 0 Å². The average Bonchev–Trinajstić information content (AvgIpc) is 3.00. The van der Waals surface area contributed by atoms with Crippen molar-refractivity contribution in [2.24, 2.45) is 0 Å². The lowest BCUT2D eigenvalue weighted by Crippen LogP contribution is -2.09. The number of imidazole rings is 1. The van der Waals surface area contributed by atoms with Gasteiger partial charge in [0.05, 0.1) is 17.6 Å². The Hall–Kier alpha value is -2.56. The normalized spacial score (nSPS) is 11.0. The maximum Gasteiger partial charge on any atom is 0.204 e. The Morgan fingerprint density at radius 2 is 1.73 bits per heavy atom. The van der Waals surface area contributed by atoms with Crippen molar-refractivity contribution in [3.8, 4) is 0 Å². The van der Waals surface area contributed by atoms with Crippen molar-refractivity contribution >= 4 is 40.2 Å². The summed E-state index contributed by atoms with van der Waals surface area (Å²) in [5.41, 5.74) is 4.10. The van der Waals surface area contributed by atoms with Crippen molar-refractivity contribution in [2.75, 3.05) is 5.32 Å². The van der Waals surface area contributed by atoms with E-state index in [4.69, 9.17) is 28.2 Å². The van der Waals surface area contributed by atoms with Gasteiger partial charge in [-0.2, -0.15) is 0 Å². The van der Waals surface area contributed by atoms with Crippen molar-refractivity contribution < 1.29 is 0 Å². The Labute approximate surface area is 161 Å². The number of anilines is 1. The van der Waals surface area contributed by atoms with Gasteiger partial charge in [-0.15, -0.1) is 0 Å². The summed E-state index contributed by atoms with van der Waals surface area (Å²) in [4.78, 5) is 8.85. The monoisotopic (exact) mass is 382 g/mol. The number of nitrogens with one attached hydrogen (secondary N) is 1. The zero-order chi connectivity index (χ0) is 17.9. The fraction of sp³-hybridized carbons (Fsp3) is 0.100. The average molecular weight is 383 g/mol. The molecule has 4 aromatic rings. The van der Waals surface area contributed by atoms with Crippen LogP contribution in [-0.2, 0) is 13.1 Å². The summed E-state index contributed by atoms with van der Waals surface area (Å²) in [7, 11) is 0. The number of nitrogens with zero attached hydrogens (tertiary/aromatic N) is 3. The van der Waals surface area contributed by atoms with E-state index in [9.17, 15) is 0 Å². The van der Waals surface area contributed by atoms with Crippen LogP contribution in [0.3, 0.4) is 0 Å². The Balaban J connectivity index is 1.67. The van der Waals surface area contributed by atoms with Crippen molar-refractivity contribution in [2.45, 2.75) is 13.1 Å².